The predicted octanol–water partition coefficient (Wildman–Crippen LogP) is 7.06. The Hall–Kier alpha value is -3.73. The van der Waals surface area contributed by atoms with Gasteiger partial charge in [0.2, 0.25) is 5.88 Å². The lowest BCUT2D eigenvalue weighted by molar-refractivity contribution is -0.145. The molecule has 1 saturated carbocycles. The Labute approximate surface area is 258 Å². The molecular weight excluding hydrogens is 595 g/mol. The minimum Gasteiger partial charge on any atom is -0.473 e. The molecule has 45 heavy (non-hydrogen) atoms. The quantitative estimate of drug-likeness (QED) is 0.212. The molecule has 6 rings (SSSR count). The third kappa shape index (κ3) is 6.11. The first-order chi connectivity index (χ1) is 21.3. The van der Waals surface area contributed by atoms with E-state index in [0.29, 0.717) is 50.7 Å². The number of piperidine rings is 1. The van der Waals surface area contributed by atoms with E-state index in [0.717, 1.165) is 17.2 Å². The van der Waals surface area contributed by atoms with Crippen LogP contribution in [-0.2, 0) is 28.7 Å². The van der Waals surface area contributed by atoms with Gasteiger partial charge in [0.25, 0.3) is 0 Å². The van der Waals surface area contributed by atoms with Crippen molar-refractivity contribution in [3.8, 4) is 17.0 Å². The Bertz CT molecular complexity index is 1610. The number of esters is 1. The number of hydrogen-bond donors (Lipinski definition) is 1. The van der Waals surface area contributed by atoms with Crippen LogP contribution in [0.15, 0.2) is 42.6 Å². The van der Waals surface area contributed by atoms with Crippen molar-refractivity contribution in [2.24, 2.45) is 17.8 Å². The highest BCUT2D eigenvalue weighted by atomic mass is 19.4. The van der Waals surface area contributed by atoms with E-state index in [9.17, 15) is 27.5 Å². The summed E-state index contributed by atoms with van der Waals surface area (Å²) in [5, 5.41) is 10.3. The topological polar surface area (TPSA) is 71.9 Å². The van der Waals surface area contributed by atoms with Crippen molar-refractivity contribution in [1.82, 2.24) is 4.98 Å². The minimum atomic E-state index is -4.93. The molecule has 0 bridgehead atoms. The van der Waals surface area contributed by atoms with E-state index in [4.69, 9.17) is 9.47 Å². The van der Waals surface area contributed by atoms with Crippen molar-refractivity contribution in [2.75, 3.05) is 24.6 Å². The molecule has 2 aromatic carbocycles. The predicted molar refractivity (Wildman–Crippen MR) is 157 cm³/mol. The monoisotopic (exact) mass is 630 g/mol. The van der Waals surface area contributed by atoms with Crippen LogP contribution in [0, 0.1) is 29.4 Å². The lowest BCUT2D eigenvalue weighted by Crippen LogP contribution is -2.41. The van der Waals surface area contributed by atoms with Crippen LogP contribution in [0.2, 0.25) is 0 Å². The fourth-order valence-electron chi connectivity index (χ4n) is 7.01. The molecule has 0 spiro atoms. The van der Waals surface area contributed by atoms with E-state index < -0.39 is 41.1 Å². The minimum absolute atomic E-state index is 0.0521. The number of aromatic nitrogens is 1. The Morgan fingerprint density at radius 2 is 1.78 bits per heavy atom. The number of carbonyl (C=O) groups is 1. The summed E-state index contributed by atoms with van der Waals surface area (Å²) in [5.41, 5.74) is -0.660. The average molecular weight is 631 g/mol. The molecule has 1 N–H and O–H groups in total. The summed E-state index contributed by atoms with van der Waals surface area (Å²) in [7, 11) is 0. The second-order valence-corrected chi connectivity index (χ2v) is 12.7. The first-order valence-electron chi connectivity index (χ1n) is 15.2. The molecule has 11 heteroatoms. The lowest BCUT2D eigenvalue weighted by atomic mass is 9.83. The van der Waals surface area contributed by atoms with Gasteiger partial charge in [-0.3, -0.25) is 4.79 Å². The first kappa shape index (κ1) is 31.3. The Morgan fingerprint density at radius 3 is 2.42 bits per heavy atom. The van der Waals surface area contributed by atoms with Crippen LogP contribution in [0.4, 0.5) is 27.6 Å². The highest BCUT2D eigenvalue weighted by Gasteiger charge is 2.60. The molecular formula is C34H35F5N2O4. The number of halogens is 5. The Kier molecular flexibility index (Phi) is 8.04. The van der Waals surface area contributed by atoms with Gasteiger partial charge >= 0.3 is 12.1 Å². The first-order valence-corrected chi connectivity index (χ1v) is 15.2. The van der Waals surface area contributed by atoms with Crippen molar-refractivity contribution in [2.45, 2.75) is 64.3 Å². The SMILES string of the molecule is CCOC(=O)[C@H]1[C@@H]2Cc3cc(OCc4cc(-c5ccc(N6CCC(C(C)(C)O)CC6)cc5F)c(C(F)(F)F)cc4F)ncc3[C@@H]21. The smallest absolute Gasteiger partial charge is 0.417 e. The molecule has 2 aliphatic carbocycles. The number of pyridine rings is 1. The summed E-state index contributed by atoms with van der Waals surface area (Å²) in [6.45, 7) is 6.32. The maximum Gasteiger partial charge on any atom is 0.417 e. The normalized spacial score (nSPS) is 21.4. The molecule has 2 heterocycles. The number of fused-ring (bicyclic) bond motifs is 3. The number of hydrogen-bond acceptors (Lipinski definition) is 6. The summed E-state index contributed by atoms with van der Waals surface area (Å²) in [6, 6.07) is 7.12. The molecule has 240 valence electrons. The highest BCUT2D eigenvalue weighted by molar-refractivity contribution is 5.79. The summed E-state index contributed by atoms with van der Waals surface area (Å²) < 4.78 is 83.4. The molecule has 1 aliphatic heterocycles. The van der Waals surface area contributed by atoms with Crippen molar-refractivity contribution in [3.05, 3.63) is 76.5 Å². The van der Waals surface area contributed by atoms with Crippen molar-refractivity contribution < 1.29 is 41.3 Å². The number of carbonyl (C=O) groups excluding carboxylic acids is 1. The number of ether oxygens (including phenoxy) is 2. The number of rotatable bonds is 8. The maximum atomic E-state index is 15.5. The van der Waals surface area contributed by atoms with Gasteiger partial charge in [-0.15, -0.1) is 0 Å². The second kappa shape index (κ2) is 11.6. The van der Waals surface area contributed by atoms with Gasteiger partial charge in [-0.25, -0.2) is 13.8 Å². The molecule has 6 nitrogen and oxygen atoms in total. The van der Waals surface area contributed by atoms with Crippen LogP contribution in [0.1, 0.15) is 61.8 Å². The molecule has 3 aliphatic rings. The van der Waals surface area contributed by atoms with E-state index in [-0.39, 0.29) is 46.6 Å². The summed E-state index contributed by atoms with van der Waals surface area (Å²) in [6.07, 6.45) is -1.27. The molecule has 3 aromatic rings. The summed E-state index contributed by atoms with van der Waals surface area (Å²) in [5.74, 6) is -1.92. The van der Waals surface area contributed by atoms with E-state index in [2.05, 4.69) is 4.98 Å². The van der Waals surface area contributed by atoms with Crippen LogP contribution in [-0.4, -0.2) is 41.4 Å². The van der Waals surface area contributed by atoms with Gasteiger partial charge in [0.1, 0.15) is 18.2 Å². The Balaban J connectivity index is 1.20. The standard InChI is InChI=1S/C34H35F5N2O4/c1-4-44-32(42)31-24-11-18-13-29(40-16-25(18)30(24)31)45-17-19-12-23(26(15-27(19)35)34(37,38)39)22-6-5-21(14-28(22)36)41-9-7-20(8-10-41)33(2,3)43/h5-6,12-16,20,24,30-31,43H,4,7-11,17H2,1-3H3/t24-,30-,31+/m1/s1. The van der Waals surface area contributed by atoms with Crippen LogP contribution in [0.5, 0.6) is 5.88 Å². The van der Waals surface area contributed by atoms with Crippen LogP contribution in [0.25, 0.3) is 11.1 Å². The van der Waals surface area contributed by atoms with Crippen molar-refractivity contribution >= 4 is 11.7 Å². The lowest BCUT2D eigenvalue weighted by Gasteiger charge is -2.38. The van der Waals surface area contributed by atoms with Gasteiger partial charge < -0.3 is 19.5 Å². The zero-order valence-electron chi connectivity index (χ0n) is 25.3. The fraction of sp³-hybridized carbons (Fsp3) is 0.471. The number of nitrogens with zero attached hydrogens (tertiary/aromatic N) is 2. The molecule has 2 fully saturated rings. The molecule has 0 radical (unpaired) electrons. The molecule has 0 amide bonds. The van der Waals surface area contributed by atoms with E-state index >= 15 is 4.39 Å². The number of alkyl halides is 3. The summed E-state index contributed by atoms with van der Waals surface area (Å²) >= 11 is 0. The van der Waals surface area contributed by atoms with E-state index in [1.165, 1.54) is 12.1 Å². The van der Waals surface area contributed by atoms with Gasteiger partial charge in [0.15, 0.2) is 0 Å². The third-order valence-corrected chi connectivity index (χ3v) is 9.51. The second-order valence-electron chi connectivity index (χ2n) is 12.7. The zero-order chi connectivity index (χ0) is 32.3. The third-order valence-electron chi connectivity index (χ3n) is 9.51. The van der Waals surface area contributed by atoms with Crippen molar-refractivity contribution in [3.63, 3.8) is 0 Å². The molecule has 3 atom stereocenters. The van der Waals surface area contributed by atoms with E-state index in [1.54, 1.807) is 39.1 Å². The molecule has 1 saturated heterocycles. The molecule has 0 unspecified atom stereocenters. The highest BCUT2D eigenvalue weighted by Crippen LogP contribution is 2.62. The van der Waals surface area contributed by atoms with Crippen LogP contribution < -0.4 is 9.64 Å². The number of aliphatic hydroxyl groups is 1. The van der Waals surface area contributed by atoms with Gasteiger partial charge in [0, 0.05) is 48.1 Å². The van der Waals surface area contributed by atoms with E-state index in [1.807, 2.05) is 4.90 Å². The average Bonchev–Trinajstić information content (AvgIpc) is 3.57. The zero-order valence-corrected chi connectivity index (χ0v) is 25.3. The van der Waals surface area contributed by atoms with Crippen molar-refractivity contribution in [1.29, 1.82) is 0 Å². The number of benzene rings is 2. The number of anilines is 1. The van der Waals surface area contributed by atoms with Gasteiger partial charge in [-0.1, -0.05) is 0 Å². The van der Waals surface area contributed by atoms with Gasteiger partial charge in [-0.05, 0) is 98.9 Å². The van der Waals surface area contributed by atoms with Crippen LogP contribution >= 0.6 is 0 Å². The fourth-order valence-corrected chi connectivity index (χ4v) is 7.01. The molecule has 1 aromatic heterocycles. The summed E-state index contributed by atoms with van der Waals surface area (Å²) in [4.78, 5) is 18.4. The Morgan fingerprint density at radius 1 is 1.04 bits per heavy atom. The van der Waals surface area contributed by atoms with Gasteiger partial charge in [0.05, 0.1) is 23.7 Å². The maximum absolute atomic E-state index is 15.5. The largest absolute Gasteiger partial charge is 0.473 e. The van der Waals surface area contributed by atoms with Gasteiger partial charge in [-0.2, -0.15) is 13.2 Å². The van der Waals surface area contributed by atoms with Crippen LogP contribution in [0.3, 0.4) is 0 Å².